The largest absolute Gasteiger partial charge is 0.325 e. The molecule has 1 fully saturated rings. The second-order valence-corrected chi connectivity index (χ2v) is 9.42. The van der Waals surface area contributed by atoms with E-state index < -0.39 is 21.4 Å². The van der Waals surface area contributed by atoms with E-state index in [9.17, 15) is 18.0 Å². The van der Waals surface area contributed by atoms with E-state index in [0.717, 1.165) is 21.6 Å². The van der Waals surface area contributed by atoms with Crippen LogP contribution in [-0.2, 0) is 20.2 Å². The first-order valence-electron chi connectivity index (χ1n) is 9.15. The van der Waals surface area contributed by atoms with Crippen molar-refractivity contribution in [2.24, 2.45) is 0 Å². The van der Waals surface area contributed by atoms with Crippen molar-refractivity contribution in [3.8, 4) is 0 Å². The third kappa shape index (κ3) is 3.67. The molecule has 0 bridgehead atoms. The normalized spacial score (nSPS) is 19.8. The monoisotopic (exact) mass is 400 g/mol. The Morgan fingerprint density at radius 2 is 1.75 bits per heavy atom. The summed E-state index contributed by atoms with van der Waals surface area (Å²) in [5.74, 6) is -0.492. The van der Waals surface area contributed by atoms with E-state index in [-0.39, 0.29) is 29.5 Å². The lowest BCUT2D eigenvalue weighted by atomic mass is 9.88. The molecule has 1 saturated heterocycles. The second kappa shape index (κ2) is 7.39. The van der Waals surface area contributed by atoms with E-state index in [1.807, 2.05) is 44.2 Å². The van der Waals surface area contributed by atoms with Gasteiger partial charge >= 0.3 is 6.03 Å². The van der Waals surface area contributed by atoms with Crippen LogP contribution < -0.4 is 5.32 Å². The Labute approximate surface area is 165 Å². The number of amides is 3. The highest BCUT2D eigenvalue weighted by atomic mass is 32.2. The Balaban J connectivity index is 1.71. The molecule has 0 aromatic heterocycles. The zero-order chi connectivity index (χ0) is 20.5. The Kier molecular flexibility index (Phi) is 5.30. The molecule has 2 aromatic rings. The SMILES string of the molecule is Cc1cccc(S(=O)(=O)CCCN2C(=O)NC(C)(c3ccccc3C)C2=O)c1. The molecule has 2 aromatic carbocycles. The first kappa shape index (κ1) is 20.1. The van der Waals surface area contributed by atoms with Gasteiger partial charge in [-0.2, -0.15) is 0 Å². The van der Waals surface area contributed by atoms with Gasteiger partial charge in [-0.3, -0.25) is 9.69 Å². The third-order valence-corrected chi connectivity index (χ3v) is 6.90. The molecule has 28 heavy (non-hydrogen) atoms. The number of sulfone groups is 1. The number of nitrogens with zero attached hydrogens (tertiary/aromatic N) is 1. The van der Waals surface area contributed by atoms with E-state index in [1.165, 1.54) is 0 Å². The Bertz CT molecular complexity index is 1030. The first-order valence-corrected chi connectivity index (χ1v) is 10.8. The van der Waals surface area contributed by atoms with Gasteiger partial charge in [0.1, 0.15) is 5.54 Å². The van der Waals surface area contributed by atoms with Gasteiger partial charge in [-0.15, -0.1) is 0 Å². The van der Waals surface area contributed by atoms with Crippen LogP contribution >= 0.6 is 0 Å². The lowest BCUT2D eigenvalue weighted by Gasteiger charge is -2.24. The van der Waals surface area contributed by atoms with Crippen LogP contribution in [-0.4, -0.2) is 37.6 Å². The molecule has 0 saturated carbocycles. The highest BCUT2D eigenvalue weighted by Crippen LogP contribution is 2.31. The van der Waals surface area contributed by atoms with Gasteiger partial charge in [0.2, 0.25) is 0 Å². The average molecular weight is 401 g/mol. The number of benzene rings is 2. The summed E-state index contributed by atoms with van der Waals surface area (Å²) in [6.45, 7) is 5.45. The predicted octanol–water partition coefficient (Wildman–Crippen LogP) is 2.93. The first-order chi connectivity index (χ1) is 13.1. The van der Waals surface area contributed by atoms with Crippen LogP contribution in [0.25, 0.3) is 0 Å². The van der Waals surface area contributed by atoms with Crippen molar-refractivity contribution >= 4 is 21.8 Å². The molecule has 7 heteroatoms. The van der Waals surface area contributed by atoms with Crippen molar-refractivity contribution in [1.29, 1.82) is 0 Å². The Morgan fingerprint density at radius 3 is 2.43 bits per heavy atom. The van der Waals surface area contributed by atoms with Crippen LogP contribution in [0.15, 0.2) is 53.4 Å². The van der Waals surface area contributed by atoms with Crippen molar-refractivity contribution in [3.63, 3.8) is 0 Å². The number of urea groups is 1. The zero-order valence-electron chi connectivity index (χ0n) is 16.2. The van der Waals surface area contributed by atoms with E-state index in [2.05, 4.69) is 5.32 Å². The van der Waals surface area contributed by atoms with Crippen molar-refractivity contribution in [1.82, 2.24) is 10.2 Å². The van der Waals surface area contributed by atoms with Crippen LogP contribution in [0.3, 0.4) is 0 Å². The van der Waals surface area contributed by atoms with E-state index >= 15 is 0 Å². The second-order valence-electron chi connectivity index (χ2n) is 7.32. The number of carbonyl (C=O) groups is 2. The van der Waals surface area contributed by atoms with E-state index in [1.54, 1.807) is 25.1 Å². The number of nitrogens with one attached hydrogen (secondary N) is 1. The Hall–Kier alpha value is -2.67. The molecule has 6 nitrogen and oxygen atoms in total. The summed E-state index contributed by atoms with van der Waals surface area (Å²) in [4.78, 5) is 26.7. The number of hydrogen-bond acceptors (Lipinski definition) is 4. The van der Waals surface area contributed by atoms with Gasteiger partial charge in [-0.25, -0.2) is 13.2 Å². The molecule has 3 rings (SSSR count). The molecule has 1 heterocycles. The van der Waals surface area contributed by atoms with Gasteiger partial charge < -0.3 is 5.32 Å². The summed E-state index contributed by atoms with van der Waals surface area (Å²) >= 11 is 0. The lowest BCUT2D eigenvalue weighted by molar-refractivity contribution is -0.131. The van der Waals surface area contributed by atoms with Crippen molar-refractivity contribution in [3.05, 3.63) is 65.2 Å². The molecule has 1 N–H and O–H groups in total. The minimum absolute atomic E-state index is 0.0528. The summed E-state index contributed by atoms with van der Waals surface area (Å²) in [6.07, 6.45) is 0.180. The minimum atomic E-state index is -3.47. The van der Waals surface area contributed by atoms with Gasteiger partial charge in [-0.05, 0) is 56.0 Å². The molecule has 1 unspecified atom stereocenters. The summed E-state index contributed by atoms with van der Waals surface area (Å²) in [7, 11) is -3.47. The maximum atomic E-state index is 13.0. The number of aryl methyl sites for hydroxylation is 2. The topological polar surface area (TPSA) is 83.6 Å². The predicted molar refractivity (Wildman–Crippen MR) is 107 cm³/mol. The van der Waals surface area contributed by atoms with Crippen molar-refractivity contribution < 1.29 is 18.0 Å². The average Bonchev–Trinajstić information content (AvgIpc) is 2.86. The fourth-order valence-electron chi connectivity index (χ4n) is 3.56. The molecule has 1 aliphatic heterocycles. The van der Waals surface area contributed by atoms with Crippen LogP contribution in [0.1, 0.15) is 30.0 Å². The van der Waals surface area contributed by atoms with E-state index in [0.29, 0.717) is 0 Å². The molecule has 148 valence electrons. The number of carbonyl (C=O) groups excluding carboxylic acids is 2. The van der Waals surface area contributed by atoms with Gasteiger partial charge in [0.25, 0.3) is 5.91 Å². The summed E-state index contributed by atoms with van der Waals surface area (Å²) in [5, 5.41) is 2.76. The molecule has 3 amide bonds. The third-order valence-electron chi connectivity index (χ3n) is 5.10. The van der Waals surface area contributed by atoms with Crippen molar-refractivity contribution in [2.75, 3.05) is 12.3 Å². The summed E-state index contributed by atoms with van der Waals surface area (Å²) in [5.41, 5.74) is 1.37. The number of imide groups is 1. The molecule has 0 aliphatic carbocycles. The van der Waals surface area contributed by atoms with Gasteiger partial charge in [-0.1, -0.05) is 36.4 Å². The van der Waals surface area contributed by atoms with Crippen LogP contribution in [0.4, 0.5) is 4.79 Å². The smallest absolute Gasteiger partial charge is 0.319 e. The zero-order valence-corrected chi connectivity index (χ0v) is 17.0. The fourth-order valence-corrected chi connectivity index (χ4v) is 4.95. The van der Waals surface area contributed by atoms with Crippen LogP contribution in [0.5, 0.6) is 0 Å². The quantitative estimate of drug-likeness (QED) is 0.756. The Morgan fingerprint density at radius 1 is 1.04 bits per heavy atom. The molecule has 0 radical (unpaired) electrons. The van der Waals surface area contributed by atoms with Crippen LogP contribution in [0.2, 0.25) is 0 Å². The molecule has 0 spiro atoms. The number of rotatable bonds is 6. The highest BCUT2D eigenvalue weighted by Gasteiger charge is 2.49. The maximum absolute atomic E-state index is 13.0. The van der Waals surface area contributed by atoms with Gasteiger partial charge in [0.15, 0.2) is 9.84 Å². The van der Waals surface area contributed by atoms with Gasteiger partial charge in [0.05, 0.1) is 10.6 Å². The molecular weight excluding hydrogens is 376 g/mol. The van der Waals surface area contributed by atoms with Crippen LogP contribution in [0, 0.1) is 13.8 Å². The summed E-state index contributed by atoms with van der Waals surface area (Å²) < 4.78 is 25.0. The standard InChI is InChI=1S/C21H24N2O4S/c1-15-8-6-10-17(14-15)28(26,27)13-7-12-23-19(24)21(3,22-20(23)25)18-11-5-4-9-16(18)2/h4-6,8-11,14H,7,12-13H2,1-3H3,(H,22,25). The molecule has 1 atom stereocenters. The molecular formula is C21H24N2O4S. The maximum Gasteiger partial charge on any atom is 0.325 e. The van der Waals surface area contributed by atoms with Crippen molar-refractivity contribution in [2.45, 2.75) is 37.6 Å². The fraction of sp³-hybridized carbons (Fsp3) is 0.333. The summed E-state index contributed by atoms with van der Waals surface area (Å²) in [6, 6.07) is 13.6. The highest BCUT2D eigenvalue weighted by molar-refractivity contribution is 7.91. The minimum Gasteiger partial charge on any atom is -0.319 e. The van der Waals surface area contributed by atoms with Gasteiger partial charge in [0, 0.05) is 6.54 Å². The molecule has 1 aliphatic rings. The van der Waals surface area contributed by atoms with E-state index in [4.69, 9.17) is 0 Å². The number of hydrogen-bond donors (Lipinski definition) is 1. The lowest BCUT2D eigenvalue weighted by Crippen LogP contribution is -2.41.